The molecular weight excluding hydrogens is 562 g/mol. The number of ether oxygens (including phenoxy) is 2. The van der Waals surface area contributed by atoms with Gasteiger partial charge in [-0.1, -0.05) is 48.5 Å². The highest BCUT2D eigenvalue weighted by atomic mass is 35.5. The molecule has 0 aliphatic carbocycles. The molecule has 1 amide bonds. The van der Waals surface area contributed by atoms with E-state index in [9.17, 15) is 18.0 Å². The van der Waals surface area contributed by atoms with Crippen molar-refractivity contribution in [2.45, 2.75) is 24.7 Å². The highest BCUT2D eigenvalue weighted by Gasteiger charge is 2.17. The molecule has 0 radical (unpaired) electrons. The van der Waals surface area contributed by atoms with Crippen LogP contribution in [0.2, 0.25) is 0 Å². The molecule has 4 aromatic rings. The van der Waals surface area contributed by atoms with Gasteiger partial charge in [-0.2, -0.15) is 0 Å². The van der Waals surface area contributed by atoms with Crippen molar-refractivity contribution in [2.75, 3.05) is 19.4 Å². The van der Waals surface area contributed by atoms with Gasteiger partial charge in [0.1, 0.15) is 11.5 Å². The molecule has 0 saturated heterocycles. The molecule has 0 aliphatic heterocycles. The minimum Gasteiger partial charge on any atom is -0.466 e. The number of carbonyl (C=O) groups is 2. The molecule has 4 rings (SSSR count). The highest BCUT2D eigenvalue weighted by molar-refractivity contribution is 7.90. The molecule has 0 aromatic heterocycles. The summed E-state index contributed by atoms with van der Waals surface area (Å²) in [5.74, 6) is 0.222. The second-order valence-corrected chi connectivity index (χ2v) is 11.8. The van der Waals surface area contributed by atoms with E-state index in [4.69, 9.17) is 21.3 Å². The molecule has 0 N–H and O–H groups in total. The van der Waals surface area contributed by atoms with Gasteiger partial charge < -0.3 is 9.47 Å². The lowest BCUT2D eigenvalue weighted by Gasteiger charge is -2.16. The molecule has 0 heterocycles. The second-order valence-electron chi connectivity index (χ2n) is 9.37. The van der Waals surface area contributed by atoms with Gasteiger partial charge in [-0.25, -0.2) is 8.42 Å². The van der Waals surface area contributed by atoms with Crippen LogP contribution in [0, 0.1) is 0 Å². The van der Waals surface area contributed by atoms with Gasteiger partial charge in [0, 0.05) is 35.7 Å². The first kappa shape index (κ1) is 29.8. The number of rotatable bonds is 11. The van der Waals surface area contributed by atoms with Crippen molar-refractivity contribution in [1.29, 1.82) is 0 Å². The maximum atomic E-state index is 12.8. The van der Waals surface area contributed by atoms with Gasteiger partial charge in [-0.3, -0.25) is 14.0 Å². The van der Waals surface area contributed by atoms with E-state index in [0.29, 0.717) is 46.7 Å². The zero-order valence-corrected chi connectivity index (χ0v) is 24.3. The molecule has 41 heavy (non-hydrogen) atoms. The van der Waals surface area contributed by atoms with Gasteiger partial charge in [-0.05, 0) is 78.6 Å². The lowest BCUT2D eigenvalue weighted by atomic mass is 10.0. The summed E-state index contributed by atoms with van der Waals surface area (Å²) in [7, 11) is -3.44. The Morgan fingerprint density at radius 3 is 2.27 bits per heavy atom. The number of hydrogen-bond acceptors (Lipinski definition) is 6. The third kappa shape index (κ3) is 8.19. The van der Waals surface area contributed by atoms with E-state index >= 15 is 0 Å². The van der Waals surface area contributed by atoms with Crippen molar-refractivity contribution in [3.05, 3.63) is 114 Å². The van der Waals surface area contributed by atoms with E-state index < -0.39 is 9.84 Å². The summed E-state index contributed by atoms with van der Waals surface area (Å²) in [5.41, 5.74) is 3.39. The van der Waals surface area contributed by atoms with Crippen molar-refractivity contribution in [3.8, 4) is 22.6 Å². The van der Waals surface area contributed by atoms with Crippen LogP contribution in [-0.4, -0.2) is 44.1 Å². The van der Waals surface area contributed by atoms with Gasteiger partial charge in [0.25, 0.3) is 5.91 Å². The Bertz CT molecular complexity index is 1620. The maximum absolute atomic E-state index is 12.8. The number of benzene rings is 4. The summed E-state index contributed by atoms with van der Waals surface area (Å²) >= 11 is 6.27. The van der Waals surface area contributed by atoms with Gasteiger partial charge in [-0.15, -0.1) is 0 Å². The standard InChI is InChI=1S/C32H30ClNO6S/c1-3-39-31(35)21-24-12-17-30(29(20-24)26-10-7-11-28(22-26)41(2,37)38)40-27-15-13-25(14-16-27)32(36)34(33)19-18-23-8-5-4-6-9-23/h4-17,20,22H,3,18-19,21H2,1-2H3. The van der Waals surface area contributed by atoms with Crippen LogP contribution < -0.4 is 4.74 Å². The highest BCUT2D eigenvalue weighted by Crippen LogP contribution is 2.35. The Labute approximate surface area is 245 Å². The smallest absolute Gasteiger partial charge is 0.310 e. The monoisotopic (exact) mass is 591 g/mol. The summed E-state index contributed by atoms with van der Waals surface area (Å²) < 4.78 is 36.8. The Hall–Kier alpha value is -4.14. The molecule has 9 heteroatoms. The Balaban J connectivity index is 1.56. The molecule has 212 valence electrons. The van der Waals surface area contributed by atoms with Crippen LogP contribution in [0.3, 0.4) is 0 Å². The number of carbonyl (C=O) groups excluding carboxylic acids is 2. The van der Waals surface area contributed by atoms with E-state index in [1.54, 1.807) is 67.6 Å². The Morgan fingerprint density at radius 2 is 1.59 bits per heavy atom. The van der Waals surface area contributed by atoms with E-state index in [2.05, 4.69) is 0 Å². The van der Waals surface area contributed by atoms with Crippen LogP contribution in [-0.2, 0) is 32.2 Å². The van der Waals surface area contributed by atoms with Crippen LogP contribution >= 0.6 is 11.8 Å². The second kappa shape index (κ2) is 13.5. The van der Waals surface area contributed by atoms with Crippen molar-refractivity contribution in [1.82, 2.24) is 4.42 Å². The summed E-state index contributed by atoms with van der Waals surface area (Å²) in [5, 5.41) is 0. The van der Waals surface area contributed by atoms with E-state index in [1.807, 2.05) is 30.3 Å². The number of halogens is 1. The molecule has 0 bridgehead atoms. The quantitative estimate of drug-likeness (QED) is 0.146. The van der Waals surface area contributed by atoms with Gasteiger partial charge in [0.05, 0.1) is 17.9 Å². The summed E-state index contributed by atoms with van der Waals surface area (Å²) in [4.78, 5) is 25.1. The first-order valence-corrected chi connectivity index (χ1v) is 15.3. The number of hydrogen-bond donors (Lipinski definition) is 0. The minimum atomic E-state index is -3.44. The minimum absolute atomic E-state index is 0.0584. The predicted octanol–water partition coefficient (Wildman–Crippen LogP) is 6.49. The van der Waals surface area contributed by atoms with Gasteiger partial charge in [0.15, 0.2) is 9.84 Å². The number of nitrogens with zero attached hydrogens (tertiary/aromatic N) is 1. The van der Waals surface area contributed by atoms with E-state index in [0.717, 1.165) is 16.2 Å². The van der Waals surface area contributed by atoms with E-state index in [1.165, 1.54) is 6.07 Å². The van der Waals surface area contributed by atoms with Gasteiger partial charge >= 0.3 is 5.97 Å². The lowest BCUT2D eigenvalue weighted by Crippen LogP contribution is -2.23. The number of esters is 1. The third-order valence-corrected chi connectivity index (χ3v) is 7.69. The third-order valence-electron chi connectivity index (χ3n) is 6.26. The molecule has 4 aromatic carbocycles. The van der Waals surface area contributed by atoms with Crippen molar-refractivity contribution < 1.29 is 27.5 Å². The van der Waals surface area contributed by atoms with Crippen molar-refractivity contribution in [2.24, 2.45) is 0 Å². The fourth-order valence-corrected chi connectivity index (χ4v) is 5.03. The fourth-order valence-electron chi connectivity index (χ4n) is 4.18. The maximum Gasteiger partial charge on any atom is 0.310 e. The Morgan fingerprint density at radius 1 is 0.854 bits per heavy atom. The molecule has 0 fully saturated rings. The predicted molar refractivity (Wildman–Crippen MR) is 159 cm³/mol. The lowest BCUT2D eigenvalue weighted by molar-refractivity contribution is -0.142. The molecule has 0 spiro atoms. The van der Waals surface area contributed by atoms with Crippen LogP contribution in [0.15, 0.2) is 102 Å². The van der Waals surface area contributed by atoms with Crippen LogP contribution in [0.25, 0.3) is 11.1 Å². The topological polar surface area (TPSA) is 90.0 Å². The van der Waals surface area contributed by atoms with E-state index in [-0.39, 0.29) is 29.8 Å². The summed E-state index contributed by atoms with van der Waals surface area (Å²) in [6.45, 7) is 2.37. The van der Waals surface area contributed by atoms with Crippen LogP contribution in [0.4, 0.5) is 0 Å². The van der Waals surface area contributed by atoms with Crippen molar-refractivity contribution in [3.63, 3.8) is 0 Å². The van der Waals surface area contributed by atoms with Crippen LogP contribution in [0.1, 0.15) is 28.4 Å². The zero-order chi connectivity index (χ0) is 29.4. The fraction of sp³-hybridized carbons (Fsp3) is 0.188. The molecule has 0 aliphatic rings. The average molecular weight is 592 g/mol. The number of amides is 1. The molecular formula is C32H30ClNO6S. The zero-order valence-electron chi connectivity index (χ0n) is 22.7. The van der Waals surface area contributed by atoms with Crippen molar-refractivity contribution >= 4 is 33.5 Å². The summed E-state index contributed by atoms with van der Waals surface area (Å²) in [6.07, 6.45) is 1.84. The largest absolute Gasteiger partial charge is 0.466 e. The SMILES string of the molecule is CCOC(=O)Cc1ccc(Oc2ccc(C(=O)N(Cl)CCc3ccccc3)cc2)c(-c2cccc(S(C)(=O)=O)c2)c1. The molecule has 0 atom stereocenters. The van der Waals surface area contributed by atoms with Crippen LogP contribution in [0.5, 0.6) is 11.5 Å². The first-order chi connectivity index (χ1) is 19.6. The first-order valence-electron chi connectivity index (χ1n) is 13.0. The summed E-state index contributed by atoms with van der Waals surface area (Å²) in [6, 6.07) is 28.2. The molecule has 0 unspecified atom stereocenters. The average Bonchev–Trinajstić information content (AvgIpc) is 2.97. The molecule has 7 nitrogen and oxygen atoms in total. The normalized spacial score (nSPS) is 11.1. The Kier molecular flexibility index (Phi) is 9.81. The number of sulfone groups is 1. The molecule has 0 saturated carbocycles. The van der Waals surface area contributed by atoms with Gasteiger partial charge in [0.2, 0.25) is 0 Å².